The van der Waals surface area contributed by atoms with Crippen molar-refractivity contribution in [2.75, 3.05) is 13.2 Å². The highest BCUT2D eigenvalue weighted by Crippen LogP contribution is 2.47. The van der Waals surface area contributed by atoms with Crippen LogP contribution in [0.2, 0.25) is 0 Å². The number of esters is 2. The van der Waals surface area contributed by atoms with E-state index in [-0.39, 0.29) is 12.8 Å². The highest BCUT2D eigenvalue weighted by molar-refractivity contribution is 7.47. The maximum atomic E-state index is 12.6. The monoisotopic (exact) mass is 670 g/mol. The normalized spacial score (nSPS) is 25.4. The van der Waals surface area contributed by atoms with Crippen molar-refractivity contribution in [3.05, 3.63) is 0 Å². The number of aliphatic hydroxyl groups excluding tert-OH is 5. The van der Waals surface area contributed by atoms with Crippen LogP contribution in [0.1, 0.15) is 129 Å². The van der Waals surface area contributed by atoms with Gasteiger partial charge in [-0.25, -0.2) is 4.57 Å². The standard InChI is InChI=1S/C31H59O13P/c1-3-5-7-9-11-13-15-17-19-24(32)41-21-23(43-25(33)20-18-16-14-12-10-8-6-4-2)22-42-45(39,40)44-31-29(37)27(35)26(34)28(36)30(31)38/h23,26-31,34-38H,3-22H2,1-2H3,(H,39,40)/t23-,26?,27-,28?,29?,30?,31?/m1/s1. The summed E-state index contributed by atoms with van der Waals surface area (Å²) in [6, 6.07) is 0. The average Bonchev–Trinajstić information content (AvgIpc) is 3.01. The van der Waals surface area contributed by atoms with Crippen molar-refractivity contribution in [2.45, 2.75) is 172 Å². The fourth-order valence-corrected chi connectivity index (χ4v) is 6.08. The molecular weight excluding hydrogens is 611 g/mol. The summed E-state index contributed by atoms with van der Waals surface area (Å²) >= 11 is 0. The molecule has 0 aromatic heterocycles. The number of ether oxygens (including phenoxy) is 2. The summed E-state index contributed by atoms with van der Waals surface area (Å²) in [5.74, 6) is -1.11. The lowest BCUT2D eigenvalue weighted by molar-refractivity contribution is -0.220. The van der Waals surface area contributed by atoms with E-state index in [1.54, 1.807) is 0 Å². The summed E-state index contributed by atoms with van der Waals surface area (Å²) < 4.78 is 33.0. The second-order valence-corrected chi connectivity index (χ2v) is 13.4. The highest BCUT2D eigenvalue weighted by atomic mass is 31.2. The first kappa shape index (κ1) is 41.9. The fourth-order valence-electron chi connectivity index (χ4n) is 5.11. The second-order valence-electron chi connectivity index (χ2n) is 12.0. The predicted octanol–water partition coefficient (Wildman–Crippen LogP) is 3.82. The van der Waals surface area contributed by atoms with E-state index in [2.05, 4.69) is 13.8 Å². The van der Waals surface area contributed by atoms with Crippen molar-refractivity contribution in [2.24, 2.45) is 0 Å². The third kappa shape index (κ3) is 18.1. The second kappa shape index (κ2) is 24.1. The van der Waals surface area contributed by atoms with E-state index in [1.165, 1.54) is 44.9 Å². The predicted molar refractivity (Wildman–Crippen MR) is 166 cm³/mol. The summed E-state index contributed by atoms with van der Waals surface area (Å²) in [4.78, 5) is 35.1. The zero-order valence-electron chi connectivity index (χ0n) is 27.2. The van der Waals surface area contributed by atoms with Crippen LogP contribution in [0.25, 0.3) is 0 Å². The molecule has 1 aliphatic carbocycles. The molecule has 6 unspecified atom stereocenters. The number of rotatable bonds is 26. The molecule has 14 heteroatoms. The summed E-state index contributed by atoms with van der Waals surface area (Å²) in [6.07, 6.45) is 3.79. The third-order valence-corrected chi connectivity index (χ3v) is 8.93. The first-order valence-electron chi connectivity index (χ1n) is 16.8. The number of carbonyl (C=O) groups is 2. The Hall–Kier alpha value is -1.15. The number of hydrogen-bond donors (Lipinski definition) is 6. The van der Waals surface area contributed by atoms with Crippen LogP contribution in [-0.2, 0) is 32.7 Å². The molecule has 0 aliphatic heterocycles. The Morgan fingerprint density at radius 2 is 1.00 bits per heavy atom. The average molecular weight is 671 g/mol. The van der Waals surface area contributed by atoms with Gasteiger partial charge in [0, 0.05) is 12.8 Å². The van der Waals surface area contributed by atoms with Crippen LogP contribution in [0.4, 0.5) is 0 Å². The minimum Gasteiger partial charge on any atom is -0.462 e. The maximum absolute atomic E-state index is 12.6. The molecule has 6 N–H and O–H groups in total. The lowest BCUT2D eigenvalue weighted by atomic mass is 9.85. The molecule has 45 heavy (non-hydrogen) atoms. The zero-order valence-corrected chi connectivity index (χ0v) is 28.1. The summed E-state index contributed by atoms with van der Waals surface area (Å²) in [5.41, 5.74) is 0. The lowest BCUT2D eigenvalue weighted by Gasteiger charge is -2.41. The van der Waals surface area contributed by atoms with Gasteiger partial charge in [0.2, 0.25) is 0 Å². The van der Waals surface area contributed by atoms with Gasteiger partial charge in [-0.05, 0) is 12.8 Å². The first-order valence-corrected chi connectivity index (χ1v) is 18.3. The van der Waals surface area contributed by atoms with Gasteiger partial charge in [-0.2, -0.15) is 0 Å². The molecule has 0 aromatic rings. The summed E-state index contributed by atoms with van der Waals surface area (Å²) in [5, 5.41) is 49.6. The highest BCUT2D eigenvalue weighted by Gasteiger charge is 2.51. The van der Waals surface area contributed by atoms with Crippen LogP contribution < -0.4 is 0 Å². The van der Waals surface area contributed by atoms with E-state index in [9.17, 15) is 44.6 Å². The Labute approximate surface area is 268 Å². The number of aliphatic hydroxyl groups is 5. The molecule has 0 aromatic carbocycles. The van der Waals surface area contributed by atoms with Crippen molar-refractivity contribution in [3.63, 3.8) is 0 Å². The largest absolute Gasteiger partial charge is 0.472 e. The number of unbranched alkanes of at least 4 members (excludes halogenated alkanes) is 14. The minimum absolute atomic E-state index is 0.101. The number of phosphoric ester groups is 1. The first-order chi connectivity index (χ1) is 21.4. The fraction of sp³-hybridized carbons (Fsp3) is 0.935. The van der Waals surface area contributed by atoms with Gasteiger partial charge in [-0.3, -0.25) is 18.6 Å². The van der Waals surface area contributed by atoms with Gasteiger partial charge >= 0.3 is 19.8 Å². The van der Waals surface area contributed by atoms with E-state index >= 15 is 0 Å². The van der Waals surface area contributed by atoms with Crippen LogP contribution in [0.15, 0.2) is 0 Å². The number of hydrogen-bond acceptors (Lipinski definition) is 12. The molecule has 13 nitrogen and oxygen atoms in total. The molecule has 0 heterocycles. The van der Waals surface area contributed by atoms with Gasteiger partial charge < -0.3 is 39.9 Å². The van der Waals surface area contributed by atoms with E-state index in [0.29, 0.717) is 12.8 Å². The molecule has 0 saturated heterocycles. The third-order valence-electron chi connectivity index (χ3n) is 7.95. The maximum Gasteiger partial charge on any atom is 0.472 e. The van der Waals surface area contributed by atoms with E-state index in [1.807, 2.05) is 0 Å². The Bertz CT molecular complexity index is 828. The van der Waals surface area contributed by atoms with Crippen molar-refractivity contribution < 1.29 is 63.1 Å². The van der Waals surface area contributed by atoms with Crippen LogP contribution in [0.5, 0.6) is 0 Å². The van der Waals surface area contributed by atoms with Gasteiger partial charge in [0.1, 0.15) is 43.2 Å². The quantitative estimate of drug-likeness (QED) is 0.0440. The van der Waals surface area contributed by atoms with Crippen LogP contribution in [-0.4, -0.2) is 98.3 Å². The molecule has 0 amide bonds. The zero-order chi connectivity index (χ0) is 33.7. The lowest BCUT2D eigenvalue weighted by Crippen LogP contribution is -2.64. The molecular formula is C31H59O13P. The molecule has 1 saturated carbocycles. The van der Waals surface area contributed by atoms with Gasteiger partial charge in [0.15, 0.2) is 6.10 Å². The molecule has 0 bridgehead atoms. The van der Waals surface area contributed by atoms with Gasteiger partial charge in [-0.15, -0.1) is 0 Å². The van der Waals surface area contributed by atoms with Crippen LogP contribution >= 0.6 is 7.82 Å². The molecule has 8 atom stereocenters. The Morgan fingerprint density at radius 1 is 0.600 bits per heavy atom. The van der Waals surface area contributed by atoms with Crippen molar-refractivity contribution in [1.29, 1.82) is 0 Å². The molecule has 0 spiro atoms. The van der Waals surface area contributed by atoms with Crippen LogP contribution in [0, 0.1) is 0 Å². The SMILES string of the molecule is CCCCCCCCCCC(=O)OC[C@H](COP(=O)(O)OC1C(O)C(O)C(O)[C@@H](O)C1O)OC(=O)CCCCCCCCCC. The minimum atomic E-state index is -5.09. The van der Waals surface area contributed by atoms with Gasteiger partial charge in [-0.1, -0.05) is 104 Å². The molecule has 1 rings (SSSR count). The van der Waals surface area contributed by atoms with E-state index < -0.39 is 75.7 Å². The topological polar surface area (TPSA) is 210 Å². The molecule has 266 valence electrons. The van der Waals surface area contributed by atoms with Gasteiger partial charge in [0.25, 0.3) is 0 Å². The van der Waals surface area contributed by atoms with Crippen molar-refractivity contribution >= 4 is 19.8 Å². The number of phosphoric acid groups is 1. The van der Waals surface area contributed by atoms with Crippen molar-refractivity contribution in [3.8, 4) is 0 Å². The Balaban J connectivity index is 2.62. The van der Waals surface area contributed by atoms with E-state index in [0.717, 1.165) is 44.9 Å². The molecule has 1 fully saturated rings. The molecule has 1 aliphatic rings. The van der Waals surface area contributed by atoms with Crippen molar-refractivity contribution in [1.82, 2.24) is 0 Å². The van der Waals surface area contributed by atoms with E-state index in [4.69, 9.17) is 18.5 Å². The van der Waals surface area contributed by atoms with Crippen LogP contribution in [0.3, 0.4) is 0 Å². The summed E-state index contributed by atoms with van der Waals surface area (Å²) in [7, 11) is -5.09. The van der Waals surface area contributed by atoms with Gasteiger partial charge in [0.05, 0.1) is 6.61 Å². The smallest absolute Gasteiger partial charge is 0.462 e. The Morgan fingerprint density at radius 3 is 1.47 bits per heavy atom. The summed E-state index contributed by atoms with van der Waals surface area (Å²) in [6.45, 7) is 3.16. The molecule has 0 radical (unpaired) electrons. The Kier molecular flexibility index (Phi) is 22.4. The number of carbonyl (C=O) groups excluding carboxylic acids is 2.